The third-order valence-corrected chi connectivity index (χ3v) is 0.996. The number of amides is 1. The lowest BCUT2D eigenvalue weighted by Gasteiger charge is -2.01. The molecule has 0 aromatic rings. The SMILES string of the molecule is CC(=O)NCCOCCCl. The summed E-state index contributed by atoms with van der Waals surface area (Å²) in [5, 5.41) is 2.60. The van der Waals surface area contributed by atoms with E-state index in [1.54, 1.807) is 0 Å². The zero-order chi connectivity index (χ0) is 7.82. The van der Waals surface area contributed by atoms with Crippen LogP contribution in [-0.4, -0.2) is 31.5 Å². The van der Waals surface area contributed by atoms with Crippen molar-refractivity contribution in [3.05, 3.63) is 0 Å². The molecule has 0 aromatic carbocycles. The summed E-state index contributed by atoms with van der Waals surface area (Å²) in [6.45, 7) is 3.11. The van der Waals surface area contributed by atoms with Crippen molar-refractivity contribution in [3.8, 4) is 0 Å². The van der Waals surface area contributed by atoms with Crippen LogP contribution in [0.5, 0.6) is 0 Å². The number of carbonyl (C=O) groups excluding carboxylic acids is 1. The highest BCUT2D eigenvalue weighted by atomic mass is 35.5. The second-order valence-corrected chi connectivity index (χ2v) is 2.16. The number of alkyl halides is 1. The van der Waals surface area contributed by atoms with Gasteiger partial charge in [-0.25, -0.2) is 0 Å². The van der Waals surface area contributed by atoms with Gasteiger partial charge >= 0.3 is 0 Å². The van der Waals surface area contributed by atoms with E-state index in [0.29, 0.717) is 25.6 Å². The first-order chi connectivity index (χ1) is 4.77. The molecule has 0 bridgehead atoms. The Morgan fingerprint density at radius 2 is 2.30 bits per heavy atom. The van der Waals surface area contributed by atoms with Gasteiger partial charge in [-0.05, 0) is 0 Å². The van der Waals surface area contributed by atoms with E-state index < -0.39 is 0 Å². The first-order valence-electron chi connectivity index (χ1n) is 3.15. The summed E-state index contributed by atoms with van der Waals surface area (Å²) in [6.07, 6.45) is 0. The molecule has 0 unspecified atom stereocenters. The van der Waals surface area contributed by atoms with Crippen LogP contribution in [0.3, 0.4) is 0 Å². The largest absolute Gasteiger partial charge is 0.378 e. The van der Waals surface area contributed by atoms with E-state index in [1.807, 2.05) is 0 Å². The van der Waals surface area contributed by atoms with Crippen molar-refractivity contribution in [3.63, 3.8) is 0 Å². The highest BCUT2D eigenvalue weighted by Gasteiger charge is 1.89. The van der Waals surface area contributed by atoms with E-state index >= 15 is 0 Å². The molecule has 0 saturated heterocycles. The summed E-state index contributed by atoms with van der Waals surface area (Å²) >= 11 is 5.33. The third kappa shape index (κ3) is 7.72. The van der Waals surface area contributed by atoms with Crippen LogP contribution in [0.4, 0.5) is 0 Å². The highest BCUT2D eigenvalue weighted by molar-refractivity contribution is 6.17. The Hall–Kier alpha value is -0.280. The molecule has 0 aliphatic carbocycles. The Morgan fingerprint density at radius 1 is 1.60 bits per heavy atom. The van der Waals surface area contributed by atoms with Crippen molar-refractivity contribution < 1.29 is 9.53 Å². The molecular weight excluding hydrogens is 154 g/mol. The molecule has 4 heteroatoms. The van der Waals surface area contributed by atoms with Crippen molar-refractivity contribution in [1.82, 2.24) is 5.32 Å². The van der Waals surface area contributed by atoms with Crippen LogP contribution in [0.25, 0.3) is 0 Å². The lowest BCUT2D eigenvalue weighted by Crippen LogP contribution is -2.24. The topological polar surface area (TPSA) is 38.3 Å². The number of halogens is 1. The summed E-state index contributed by atoms with van der Waals surface area (Å²) in [5.74, 6) is 0.467. The van der Waals surface area contributed by atoms with E-state index in [-0.39, 0.29) is 5.91 Å². The zero-order valence-corrected chi connectivity index (χ0v) is 6.78. The van der Waals surface area contributed by atoms with Gasteiger partial charge in [0.05, 0.1) is 13.2 Å². The maximum atomic E-state index is 10.3. The minimum atomic E-state index is -0.0329. The molecule has 0 aliphatic rings. The van der Waals surface area contributed by atoms with E-state index in [2.05, 4.69) is 5.32 Å². The molecule has 0 saturated carbocycles. The van der Waals surface area contributed by atoms with Crippen LogP contribution < -0.4 is 5.32 Å². The maximum Gasteiger partial charge on any atom is 0.216 e. The minimum Gasteiger partial charge on any atom is -0.378 e. The Labute approximate surface area is 65.7 Å². The van der Waals surface area contributed by atoms with Gasteiger partial charge in [-0.1, -0.05) is 0 Å². The first kappa shape index (κ1) is 9.72. The Morgan fingerprint density at radius 3 is 2.80 bits per heavy atom. The van der Waals surface area contributed by atoms with E-state index in [1.165, 1.54) is 6.92 Å². The second-order valence-electron chi connectivity index (χ2n) is 1.78. The average Bonchev–Trinajstić information content (AvgIpc) is 1.87. The molecule has 0 radical (unpaired) electrons. The molecule has 0 rings (SSSR count). The molecule has 1 amide bonds. The summed E-state index contributed by atoms with van der Waals surface area (Å²) in [7, 11) is 0. The third-order valence-electron chi connectivity index (χ3n) is 0.842. The van der Waals surface area contributed by atoms with Gasteiger partial charge in [-0.15, -0.1) is 11.6 Å². The van der Waals surface area contributed by atoms with Gasteiger partial charge in [-0.2, -0.15) is 0 Å². The molecule has 0 aliphatic heterocycles. The predicted octanol–water partition coefficient (Wildman–Crippen LogP) is 0.378. The maximum absolute atomic E-state index is 10.3. The van der Waals surface area contributed by atoms with E-state index in [4.69, 9.17) is 16.3 Å². The minimum absolute atomic E-state index is 0.0329. The van der Waals surface area contributed by atoms with Crippen molar-refractivity contribution in [2.45, 2.75) is 6.92 Å². The fourth-order valence-electron chi connectivity index (χ4n) is 0.456. The molecule has 0 atom stereocenters. The predicted molar refractivity (Wildman–Crippen MR) is 40.2 cm³/mol. The lowest BCUT2D eigenvalue weighted by atomic mass is 10.6. The molecule has 1 N–H and O–H groups in total. The molecule has 60 valence electrons. The van der Waals surface area contributed by atoms with E-state index in [0.717, 1.165) is 0 Å². The summed E-state index contributed by atoms with van der Waals surface area (Å²) < 4.78 is 4.99. The number of carbonyl (C=O) groups is 1. The smallest absolute Gasteiger partial charge is 0.216 e. The Bertz CT molecular complexity index is 97.7. The average molecular weight is 166 g/mol. The van der Waals surface area contributed by atoms with E-state index in [9.17, 15) is 4.79 Å². The number of rotatable bonds is 5. The van der Waals surface area contributed by atoms with Crippen LogP contribution in [0, 0.1) is 0 Å². The molecule has 10 heavy (non-hydrogen) atoms. The van der Waals surface area contributed by atoms with Gasteiger partial charge in [0.25, 0.3) is 0 Å². The van der Waals surface area contributed by atoms with Gasteiger partial charge in [0.2, 0.25) is 5.91 Å². The van der Waals surface area contributed by atoms with Crippen LogP contribution in [0.2, 0.25) is 0 Å². The van der Waals surface area contributed by atoms with Crippen LogP contribution in [0.15, 0.2) is 0 Å². The Balaban J connectivity index is 2.84. The van der Waals surface area contributed by atoms with Gasteiger partial charge in [0.1, 0.15) is 0 Å². The lowest BCUT2D eigenvalue weighted by molar-refractivity contribution is -0.119. The normalized spacial score (nSPS) is 9.40. The highest BCUT2D eigenvalue weighted by Crippen LogP contribution is 1.77. The van der Waals surface area contributed by atoms with Gasteiger partial charge < -0.3 is 10.1 Å². The van der Waals surface area contributed by atoms with Gasteiger partial charge in [0, 0.05) is 19.3 Å². The summed E-state index contributed by atoms with van der Waals surface area (Å²) in [4.78, 5) is 10.3. The van der Waals surface area contributed by atoms with Gasteiger partial charge in [-0.3, -0.25) is 4.79 Å². The second kappa shape index (κ2) is 6.83. The summed E-state index contributed by atoms with van der Waals surface area (Å²) in [6, 6.07) is 0. The standard InChI is InChI=1S/C6H12ClNO2/c1-6(9)8-3-5-10-4-2-7/h2-5H2,1H3,(H,8,9). The van der Waals surface area contributed by atoms with Crippen LogP contribution >= 0.6 is 11.6 Å². The van der Waals surface area contributed by atoms with Crippen molar-refractivity contribution in [1.29, 1.82) is 0 Å². The monoisotopic (exact) mass is 165 g/mol. The van der Waals surface area contributed by atoms with Gasteiger partial charge in [0.15, 0.2) is 0 Å². The molecule has 0 aromatic heterocycles. The molecule has 3 nitrogen and oxygen atoms in total. The molecule has 0 heterocycles. The molecule has 0 fully saturated rings. The number of ether oxygens (including phenoxy) is 1. The van der Waals surface area contributed by atoms with Crippen LogP contribution in [0.1, 0.15) is 6.92 Å². The van der Waals surface area contributed by atoms with Crippen LogP contribution in [-0.2, 0) is 9.53 Å². The first-order valence-corrected chi connectivity index (χ1v) is 3.69. The summed E-state index contributed by atoms with van der Waals surface area (Å²) in [5.41, 5.74) is 0. The molecule has 0 spiro atoms. The fourth-order valence-corrected chi connectivity index (χ4v) is 0.565. The molecular formula is C6H12ClNO2. The number of hydrogen-bond acceptors (Lipinski definition) is 2. The number of nitrogens with one attached hydrogen (secondary N) is 1. The zero-order valence-electron chi connectivity index (χ0n) is 6.02. The van der Waals surface area contributed by atoms with Crippen molar-refractivity contribution in [2.24, 2.45) is 0 Å². The fraction of sp³-hybridized carbons (Fsp3) is 0.833. The Kier molecular flexibility index (Phi) is 6.64. The van der Waals surface area contributed by atoms with Crippen molar-refractivity contribution >= 4 is 17.5 Å². The quantitative estimate of drug-likeness (QED) is 0.473. The van der Waals surface area contributed by atoms with Crippen molar-refractivity contribution in [2.75, 3.05) is 25.6 Å². The number of hydrogen-bond donors (Lipinski definition) is 1.